The molecule has 0 aliphatic carbocycles. The molecule has 1 amide bonds. The van der Waals surface area contributed by atoms with Crippen molar-refractivity contribution in [3.63, 3.8) is 0 Å². The second-order valence-electron chi connectivity index (χ2n) is 6.43. The van der Waals surface area contributed by atoms with Gasteiger partial charge in [-0.15, -0.1) is 0 Å². The van der Waals surface area contributed by atoms with Gasteiger partial charge in [-0.3, -0.25) is 14.0 Å². The number of rotatable bonds is 5. The van der Waals surface area contributed by atoms with Crippen LogP contribution in [-0.2, 0) is 11.4 Å². The summed E-state index contributed by atoms with van der Waals surface area (Å²) in [5.41, 5.74) is 2.63. The number of aryl methyl sites for hydroxylation is 1. The average Bonchev–Trinajstić information content (AvgIpc) is 2.61. The first-order chi connectivity index (χ1) is 12.4. The molecule has 0 unspecified atom stereocenters. The first-order valence-electron chi connectivity index (χ1n) is 8.45. The molecule has 0 saturated heterocycles. The van der Waals surface area contributed by atoms with Crippen molar-refractivity contribution in [2.45, 2.75) is 27.4 Å². The predicted molar refractivity (Wildman–Crippen MR) is 100 cm³/mol. The van der Waals surface area contributed by atoms with Crippen molar-refractivity contribution in [2.75, 3.05) is 5.32 Å². The Hall–Kier alpha value is -3.15. The molecule has 0 radical (unpaired) electrons. The van der Waals surface area contributed by atoms with Crippen molar-refractivity contribution in [1.82, 2.24) is 9.38 Å². The first kappa shape index (κ1) is 17.7. The minimum atomic E-state index is -0.143. The number of carbonyl (C=O) groups excluding carboxylic acids is 1. The van der Waals surface area contributed by atoms with Crippen LogP contribution < -0.4 is 15.6 Å². The molecule has 1 aromatic carbocycles. The van der Waals surface area contributed by atoms with Crippen LogP contribution in [0.2, 0.25) is 0 Å². The molecule has 0 aliphatic heterocycles. The summed E-state index contributed by atoms with van der Waals surface area (Å²) in [6.07, 6.45) is 1.70. The Bertz CT molecular complexity index is 1010. The van der Waals surface area contributed by atoms with Crippen molar-refractivity contribution >= 4 is 17.2 Å². The Morgan fingerprint density at radius 2 is 2.04 bits per heavy atom. The third-order valence-corrected chi connectivity index (χ3v) is 3.95. The maximum Gasteiger partial charge on any atom is 0.258 e. The normalized spacial score (nSPS) is 10.9. The molecule has 0 aliphatic rings. The van der Waals surface area contributed by atoms with Gasteiger partial charge in [-0.05, 0) is 30.7 Å². The van der Waals surface area contributed by atoms with Gasteiger partial charge in [0.15, 0.2) is 0 Å². The SMILES string of the molecule is Cc1cccn2c(=O)cc(COc3cccc(NC(=O)C(C)C)c3)nc12. The Balaban J connectivity index is 1.77. The quantitative estimate of drug-likeness (QED) is 0.766. The largest absolute Gasteiger partial charge is 0.487 e. The van der Waals surface area contributed by atoms with E-state index in [0.29, 0.717) is 22.8 Å². The number of nitrogens with one attached hydrogen (secondary N) is 1. The summed E-state index contributed by atoms with van der Waals surface area (Å²) in [6.45, 7) is 5.75. The maximum absolute atomic E-state index is 12.2. The lowest BCUT2D eigenvalue weighted by Gasteiger charge is -2.11. The number of nitrogens with zero attached hydrogens (tertiary/aromatic N) is 2. The maximum atomic E-state index is 12.2. The Morgan fingerprint density at radius 1 is 1.23 bits per heavy atom. The number of aromatic nitrogens is 2. The number of benzene rings is 1. The van der Waals surface area contributed by atoms with E-state index in [1.54, 1.807) is 30.5 Å². The first-order valence-corrected chi connectivity index (χ1v) is 8.45. The summed E-state index contributed by atoms with van der Waals surface area (Å²) in [6, 6.07) is 12.3. The van der Waals surface area contributed by atoms with E-state index in [0.717, 1.165) is 5.56 Å². The molecule has 0 saturated carbocycles. The van der Waals surface area contributed by atoms with E-state index < -0.39 is 0 Å². The molecule has 0 atom stereocenters. The lowest BCUT2D eigenvalue weighted by molar-refractivity contribution is -0.118. The van der Waals surface area contributed by atoms with E-state index in [4.69, 9.17) is 4.74 Å². The van der Waals surface area contributed by atoms with Gasteiger partial charge in [0.2, 0.25) is 5.91 Å². The van der Waals surface area contributed by atoms with Crippen molar-refractivity contribution < 1.29 is 9.53 Å². The topological polar surface area (TPSA) is 72.7 Å². The highest BCUT2D eigenvalue weighted by Crippen LogP contribution is 2.19. The van der Waals surface area contributed by atoms with E-state index in [2.05, 4.69) is 10.3 Å². The smallest absolute Gasteiger partial charge is 0.258 e. The standard InChI is InChI=1S/C20H21N3O3/c1-13(2)20(25)22-15-7-4-8-17(10-15)26-12-16-11-18(24)23-9-5-6-14(3)19(23)21-16/h4-11,13H,12H2,1-3H3,(H,22,25). The fourth-order valence-electron chi connectivity index (χ4n) is 2.49. The van der Waals surface area contributed by atoms with Crippen molar-refractivity contribution in [1.29, 1.82) is 0 Å². The lowest BCUT2D eigenvalue weighted by Crippen LogP contribution is -2.18. The number of pyridine rings is 1. The predicted octanol–water partition coefficient (Wildman–Crippen LogP) is 3.18. The second kappa shape index (κ2) is 7.39. The summed E-state index contributed by atoms with van der Waals surface area (Å²) < 4.78 is 7.27. The summed E-state index contributed by atoms with van der Waals surface area (Å²) in [7, 11) is 0. The van der Waals surface area contributed by atoms with E-state index in [1.807, 2.05) is 32.9 Å². The van der Waals surface area contributed by atoms with Gasteiger partial charge in [0.05, 0.1) is 5.69 Å². The summed E-state index contributed by atoms with van der Waals surface area (Å²) in [5.74, 6) is 0.442. The molecule has 3 aromatic rings. The van der Waals surface area contributed by atoms with Crippen LogP contribution in [-0.4, -0.2) is 15.3 Å². The van der Waals surface area contributed by atoms with E-state index in [1.165, 1.54) is 10.5 Å². The molecule has 3 rings (SSSR count). The number of anilines is 1. The minimum absolute atomic E-state index is 0.0538. The van der Waals surface area contributed by atoms with Crippen LogP contribution in [0.15, 0.2) is 53.5 Å². The fraction of sp³-hybridized carbons (Fsp3) is 0.250. The van der Waals surface area contributed by atoms with Crippen LogP contribution in [0.3, 0.4) is 0 Å². The Labute approximate surface area is 151 Å². The van der Waals surface area contributed by atoms with E-state index >= 15 is 0 Å². The van der Waals surface area contributed by atoms with Crippen LogP contribution in [0.4, 0.5) is 5.69 Å². The van der Waals surface area contributed by atoms with Crippen LogP contribution in [0.5, 0.6) is 5.75 Å². The van der Waals surface area contributed by atoms with Crippen LogP contribution in [0.1, 0.15) is 25.1 Å². The fourth-order valence-corrected chi connectivity index (χ4v) is 2.49. The zero-order valence-corrected chi connectivity index (χ0v) is 15.0. The van der Waals surface area contributed by atoms with Crippen molar-refractivity contribution in [3.8, 4) is 5.75 Å². The van der Waals surface area contributed by atoms with Crippen molar-refractivity contribution in [3.05, 3.63) is 70.3 Å². The molecule has 0 spiro atoms. The number of hydrogen-bond donors (Lipinski definition) is 1. The third kappa shape index (κ3) is 3.91. The molecular formula is C20H21N3O3. The molecule has 1 N–H and O–H groups in total. The monoisotopic (exact) mass is 351 g/mol. The molecule has 0 bridgehead atoms. The Morgan fingerprint density at radius 3 is 2.81 bits per heavy atom. The van der Waals surface area contributed by atoms with Gasteiger partial charge in [0.25, 0.3) is 5.56 Å². The lowest BCUT2D eigenvalue weighted by atomic mass is 10.2. The average molecular weight is 351 g/mol. The summed E-state index contributed by atoms with van der Waals surface area (Å²) >= 11 is 0. The van der Waals surface area contributed by atoms with Crippen LogP contribution >= 0.6 is 0 Å². The van der Waals surface area contributed by atoms with E-state index in [9.17, 15) is 9.59 Å². The highest BCUT2D eigenvalue weighted by Gasteiger charge is 2.08. The van der Waals surface area contributed by atoms with Gasteiger partial charge < -0.3 is 10.1 Å². The van der Waals surface area contributed by atoms with E-state index in [-0.39, 0.29) is 24.0 Å². The highest BCUT2D eigenvalue weighted by molar-refractivity contribution is 5.92. The van der Waals surface area contributed by atoms with Gasteiger partial charge in [-0.1, -0.05) is 26.0 Å². The number of ether oxygens (including phenoxy) is 1. The van der Waals surface area contributed by atoms with Gasteiger partial charge in [-0.2, -0.15) is 0 Å². The minimum Gasteiger partial charge on any atom is -0.487 e. The second-order valence-corrected chi connectivity index (χ2v) is 6.43. The summed E-state index contributed by atoms with van der Waals surface area (Å²) in [5, 5.41) is 2.83. The number of carbonyl (C=O) groups is 1. The number of fused-ring (bicyclic) bond motifs is 1. The molecule has 2 heterocycles. The van der Waals surface area contributed by atoms with Gasteiger partial charge in [0.1, 0.15) is 18.0 Å². The van der Waals surface area contributed by atoms with Gasteiger partial charge >= 0.3 is 0 Å². The zero-order chi connectivity index (χ0) is 18.7. The molecule has 134 valence electrons. The van der Waals surface area contributed by atoms with Crippen LogP contribution in [0.25, 0.3) is 5.65 Å². The van der Waals surface area contributed by atoms with Gasteiger partial charge in [0, 0.05) is 29.9 Å². The summed E-state index contributed by atoms with van der Waals surface area (Å²) in [4.78, 5) is 28.5. The molecule has 2 aromatic heterocycles. The molecular weight excluding hydrogens is 330 g/mol. The number of amides is 1. The van der Waals surface area contributed by atoms with Gasteiger partial charge in [-0.25, -0.2) is 4.98 Å². The molecule has 6 nitrogen and oxygen atoms in total. The molecule has 6 heteroatoms. The third-order valence-electron chi connectivity index (χ3n) is 3.95. The highest BCUT2D eigenvalue weighted by atomic mass is 16.5. The number of hydrogen-bond acceptors (Lipinski definition) is 4. The zero-order valence-electron chi connectivity index (χ0n) is 15.0. The molecule has 26 heavy (non-hydrogen) atoms. The Kier molecular flexibility index (Phi) is 5.02. The van der Waals surface area contributed by atoms with Crippen LogP contribution in [0, 0.1) is 12.8 Å². The van der Waals surface area contributed by atoms with Crippen molar-refractivity contribution in [2.24, 2.45) is 5.92 Å². The molecule has 0 fully saturated rings.